The van der Waals surface area contributed by atoms with Crippen LogP contribution in [0.2, 0.25) is 10.0 Å². The number of halogens is 2. The van der Waals surface area contributed by atoms with Crippen molar-refractivity contribution in [2.75, 3.05) is 11.9 Å². The molecule has 2 aromatic carbocycles. The highest BCUT2D eigenvalue weighted by Gasteiger charge is 2.30. The maximum absolute atomic E-state index is 13.2. The van der Waals surface area contributed by atoms with E-state index >= 15 is 0 Å². The number of hydrogen-bond acceptors (Lipinski definition) is 1. The Bertz CT molecular complexity index is 955. The van der Waals surface area contributed by atoms with Gasteiger partial charge >= 0.3 is 6.03 Å². The normalized spacial score (nSPS) is 16.5. The summed E-state index contributed by atoms with van der Waals surface area (Å²) in [6.07, 6.45) is 2.95. The largest absolute Gasteiger partial charge is 0.349 e. The second-order valence-corrected chi connectivity index (χ2v) is 7.38. The summed E-state index contributed by atoms with van der Waals surface area (Å²) >= 11 is 12.2. The van der Waals surface area contributed by atoms with Crippen LogP contribution in [0.4, 0.5) is 10.5 Å². The van der Waals surface area contributed by atoms with Gasteiger partial charge in [-0.15, -0.1) is 0 Å². The Morgan fingerprint density at radius 2 is 1.81 bits per heavy atom. The lowest BCUT2D eigenvalue weighted by atomic mass is 10.0. The summed E-state index contributed by atoms with van der Waals surface area (Å²) in [5.74, 6) is 0. The molecular formula is C21H19Cl2N3O. The predicted molar refractivity (Wildman–Crippen MR) is 110 cm³/mol. The molecule has 0 bridgehead atoms. The third kappa shape index (κ3) is 3.68. The fourth-order valence-corrected chi connectivity index (χ4v) is 4.02. The van der Waals surface area contributed by atoms with E-state index in [9.17, 15) is 4.79 Å². The van der Waals surface area contributed by atoms with E-state index in [4.69, 9.17) is 23.2 Å². The van der Waals surface area contributed by atoms with E-state index in [0.29, 0.717) is 22.3 Å². The van der Waals surface area contributed by atoms with Gasteiger partial charge in [0.05, 0.1) is 16.8 Å². The number of carbonyl (C=O) groups excluding carboxylic acids is 1. The molecule has 6 heteroatoms. The van der Waals surface area contributed by atoms with E-state index in [-0.39, 0.29) is 12.1 Å². The first-order valence-electron chi connectivity index (χ1n) is 8.86. The van der Waals surface area contributed by atoms with Gasteiger partial charge in [0.15, 0.2) is 0 Å². The van der Waals surface area contributed by atoms with Gasteiger partial charge in [-0.25, -0.2) is 4.79 Å². The minimum Gasteiger partial charge on any atom is -0.349 e. The number of urea groups is 1. The van der Waals surface area contributed by atoms with Crippen LogP contribution in [0.25, 0.3) is 0 Å². The Kier molecular flexibility index (Phi) is 5.10. The quantitative estimate of drug-likeness (QED) is 0.578. The first-order valence-corrected chi connectivity index (χ1v) is 9.62. The van der Waals surface area contributed by atoms with Crippen molar-refractivity contribution in [3.05, 3.63) is 88.2 Å². The second kappa shape index (κ2) is 7.67. The molecule has 0 radical (unpaired) electrons. The molecule has 138 valence electrons. The summed E-state index contributed by atoms with van der Waals surface area (Å²) in [5.41, 5.74) is 2.74. The number of amides is 2. The molecule has 1 N–H and O–H groups in total. The summed E-state index contributed by atoms with van der Waals surface area (Å²) in [5, 5.41) is 3.90. The van der Waals surface area contributed by atoms with E-state index in [0.717, 1.165) is 24.2 Å². The Hall–Kier alpha value is -2.43. The van der Waals surface area contributed by atoms with E-state index in [2.05, 4.69) is 34.3 Å². The van der Waals surface area contributed by atoms with Crippen molar-refractivity contribution in [3.63, 3.8) is 0 Å². The molecule has 0 saturated carbocycles. The number of rotatable bonds is 2. The number of nitrogens with one attached hydrogen (secondary N) is 1. The van der Waals surface area contributed by atoms with Crippen molar-refractivity contribution in [2.45, 2.75) is 19.0 Å². The third-order valence-electron chi connectivity index (χ3n) is 4.80. The zero-order valence-corrected chi connectivity index (χ0v) is 16.1. The molecule has 0 aliphatic carbocycles. The number of aromatic nitrogens is 1. The molecule has 1 aromatic heterocycles. The number of hydrogen-bond donors (Lipinski definition) is 1. The Balaban J connectivity index is 1.69. The monoisotopic (exact) mass is 399 g/mol. The van der Waals surface area contributed by atoms with Crippen molar-refractivity contribution >= 4 is 34.9 Å². The molecule has 0 fully saturated rings. The Morgan fingerprint density at radius 1 is 1.00 bits per heavy atom. The van der Waals surface area contributed by atoms with Crippen LogP contribution in [-0.4, -0.2) is 22.0 Å². The van der Waals surface area contributed by atoms with Gasteiger partial charge in [0.1, 0.15) is 0 Å². The topological polar surface area (TPSA) is 37.3 Å². The molecule has 0 saturated heterocycles. The van der Waals surface area contributed by atoms with Gasteiger partial charge in [0.25, 0.3) is 0 Å². The highest BCUT2D eigenvalue weighted by atomic mass is 35.5. The lowest BCUT2D eigenvalue weighted by Gasteiger charge is -2.31. The van der Waals surface area contributed by atoms with Crippen LogP contribution >= 0.6 is 23.2 Å². The molecular weight excluding hydrogens is 381 g/mol. The molecule has 1 atom stereocenters. The van der Waals surface area contributed by atoms with Crippen molar-refractivity contribution in [2.24, 2.45) is 0 Å². The first kappa shape index (κ1) is 18.0. The molecule has 27 heavy (non-hydrogen) atoms. The van der Waals surface area contributed by atoms with Crippen LogP contribution in [0.15, 0.2) is 66.9 Å². The summed E-state index contributed by atoms with van der Waals surface area (Å²) in [4.78, 5) is 15.1. The first-order chi connectivity index (χ1) is 13.1. The van der Waals surface area contributed by atoms with Gasteiger partial charge in [0, 0.05) is 30.0 Å². The fraction of sp³-hybridized carbons (Fsp3) is 0.190. The maximum Gasteiger partial charge on any atom is 0.322 e. The van der Waals surface area contributed by atoms with Gasteiger partial charge in [-0.05, 0) is 42.3 Å². The van der Waals surface area contributed by atoms with E-state index in [1.54, 1.807) is 18.2 Å². The average Bonchev–Trinajstić information content (AvgIpc) is 3.04. The lowest BCUT2D eigenvalue weighted by molar-refractivity contribution is 0.199. The summed E-state index contributed by atoms with van der Waals surface area (Å²) in [6.45, 7) is 1.54. The second-order valence-electron chi connectivity index (χ2n) is 6.54. The van der Waals surface area contributed by atoms with Crippen LogP contribution in [0.5, 0.6) is 0 Å². The molecule has 4 nitrogen and oxygen atoms in total. The average molecular weight is 400 g/mol. The number of aryl methyl sites for hydroxylation is 1. The zero-order chi connectivity index (χ0) is 18.8. The van der Waals surface area contributed by atoms with Crippen molar-refractivity contribution in [1.29, 1.82) is 0 Å². The predicted octanol–water partition coefficient (Wildman–Crippen LogP) is 5.82. The van der Waals surface area contributed by atoms with Gasteiger partial charge in [-0.2, -0.15) is 0 Å². The van der Waals surface area contributed by atoms with Gasteiger partial charge < -0.3 is 14.8 Å². The van der Waals surface area contributed by atoms with E-state index in [1.165, 1.54) is 0 Å². The summed E-state index contributed by atoms with van der Waals surface area (Å²) in [6, 6.07) is 18.9. The molecule has 2 heterocycles. The highest BCUT2D eigenvalue weighted by Crippen LogP contribution is 2.33. The SMILES string of the molecule is O=C(Nc1ccc(Cl)cc1Cl)N1CCCn2cccc2C1c1ccccc1. The maximum atomic E-state index is 13.2. The Labute approximate surface area is 168 Å². The summed E-state index contributed by atoms with van der Waals surface area (Å²) in [7, 11) is 0. The van der Waals surface area contributed by atoms with Crippen LogP contribution in [-0.2, 0) is 6.54 Å². The Morgan fingerprint density at radius 3 is 2.59 bits per heavy atom. The number of nitrogens with zero attached hydrogens (tertiary/aromatic N) is 2. The number of benzene rings is 2. The smallest absolute Gasteiger partial charge is 0.322 e. The van der Waals surface area contributed by atoms with Gasteiger partial charge in [-0.1, -0.05) is 53.5 Å². The molecule has 1 aliphatic rings. The molecule has 0 spiro atoms. The third-order valence-corrected chi connectivity index (χ3v) is 5.35. The number of anilines is 1. The minimum atomic E-state index is -0.178. The van der Waals surface area contributed by atoms with Crippen LogP contribution in [0.1, 0.15) is 23.7 Å². The van der Waals surface area contributed by atoms with Crippen molar-refractivity contribution < 1.29 is 4.79 Å². The van der Waals surface area contributed by atoms with Crippen molar-refractivity contribution in [1.82, 2.24) is 9.47 Å². The van der Waals surface area contributed by atoms with E-state index in [1.807, 2.05) is 29.2 Å². The lowest BCUT2D eigenvalue weighted by Crippen LogP contribution is -2.38. The molecule has 2 amide bonds. The minimum absolute atomic E-state index is 0.158. The molecule has 1 unspecified atom stereocenters. The number of carbonyl (C=O) groups is 1. The van der Waals surface area contributed by atoms with Crippen LogP contribution in [0.3, 0.4) is 0 Å². The van der Waals surface area contributed by atoms with Gasteiger partial charge in [-0.3, -0.25) is 0 Å². The number of fused-ring (bicyclic) bond motifs is 1. The van der Waals surface area contributed by atoms with Crippen LogP contribution < -0.4 is 5.32 Å². The molecule has 3 aromatic rings. The fourth-order valence-electron chi connectivity index (χ4n) is 3.56. The standard InChI is InChI=1S/C21H19Cl2N3O/c22-16-9-10-18(17(23)14-16)24-21(27)26-13-5-12-25-11-4-8-19(25)20(26)15-6-2-1-3-7-15/h1-4,6-11,14,20H,5,12-13H2,(H,24,27). The highest BCUT2D eigenvalue weighted by molar-refractivity contribution is 6.36. The van der Waals surface area contributed by atoms with Gasteiger partial charge in [0.2, 0.25) is 0 Å². The van der Waals surface area contributed by atoms with Crippen molar-refractivity contribution in [3.8, 4) is 0 Å². The van der Waals surface area contributed by atoms with E-state index < -0.39 is 0 Å². The summed E-state index contributed by atoms with van der Waals surface area (Å²) < 4.78 is 2.22. The zero-order valence-electron chi connectivity index (χ0n) is 14.6. The molecule has 4 rings (SSSR count). The molecule has 1 aliphatic heterocycles. The van der Waals surface area contributed by atoms with Crippen LogP contribution in [0, 0.1) is 0 Å².